The van der Waals surface area contributed by atoms with E-state index in [9.17, 15) is 0 Å². The monoisotopic (exact) mass is 285 g/mol. The Morgan fingerprint density at radius 3 is 2.70 bits per heavy atom. The average Bonchev–Trinajstić information content (AvgIpc) is 2.91. The normalized spacial score (nSPS) is 10.7. The van der Waals surface area contributed by atoms with Crippen molar-refractivity contribution in [3.63, 3.8) is 0 Å². The van der Waals surface area contributed by atoms with Crippen LogP contribution in [0.5, 0.6) is 0 Å². The summed E-state index contributed by atoms with van der Waals surface area (Å²) in [7, 11) is 0. The first kappa shape index (κ1) is 12.6. The van der Waals surface area contributed by atoms with E-state index in [0.717, 1.165) is 17.0 Å². The Morgan fingerprint density at radius 2 is 1.95 bits per heavy atom. The molecule has 3 N–H and O–H groups in total. The Labute approximate surface area is 120 Å². The quantitative estimate of drug-likeness (QED) is 0.725. The van der Waals surface area contributed by atoms with Crippen molar-refractivity contribution in [1.82, 2.24) is 20.2 Å². The van der Waals surface area contributed by atoms with Gasteiger partial charge in [-0.3, -0.25) is 10.1 Å². The van der Waals surface area contributed by atoms with Crippen LogP contribution in [0.15, 0.2) is 42.7 Å². The van der Waals surface area contributed by atoms with Crippen molar-refractivity contribution in [2.75, 3.05) is 5.73 Å². The number of rotatable bonds is 3. The second kappa shape index (κ2) is 5.30. The Bertz CT molecular complexity index is 723. The molecule has 0 saturated heterocycles. The van der Waals surface area contributed by atoms with Crippen LogP contribution in [0.3, 0.4) is 0 Å². The van der Waals surface area contributed by atoms with E-state index in [0.29, 0.717) is 23.0 Å². The molecule has 20 heavy (non-hydrogen) atoms. The molecule has 3 rings (SSSR count). The highest BCUT2D eigenvalue weighted by atomic mass is 35.5. The molecule has 0 unspecified atom stereocenters. The maximum absolute atomic E-state index is 5.90. The van der Waals surface area contributed by atoms with Gasteiger partial charge in [0.1, 0.15) is 5.82 Å². The summed E-state index contributed by atoms with van der Waals surface area (Å²) in [4.78, 5) is 8.45. The fourth-order valence-corrected chi connectivity index (χ4v) is 2.00. The van der Waals surface area contributed by atoms with E-state index in [4.69, 9.17) is 17.3 Å². The van der Waals surface area contributed by atoms with E-state index >= 15 is 0 Å². The number of hydrogen-bond acceptors (Lipinski definition) is 4. The molecule has 1 aromatic carbocycles. The lowest BCUT2D eigenvalue weighted by atomic mass is 10.2. The zero-order chi connectivity index (χ0) is 13.9. The van der Waals surface area contributed by atoms with Gasteiger partial charge < -0.3 is 5.73 Å². The Kier molecular flexibility index (Phi) is 3.35. The fraction of sp³-hybridized carbons (Fsp3) is 0.0714. The minimum Gasteiger partial charge on any atom is -0.398 e. The van der Waals surface area contributed by atoms with Crippen molar-refractivity contribution in [2.45, 2.75) is 6.42 Å². The van der Waals surface area contributed by atoms with Crippen molar-refractivity contribution >= 4 is 17.3 Å². The van der Waals surface area contributed by atoms with Crippen LogP contribution in [-0.2, 0) is 6.42 Å². The number of aromatic nitrogens is 4. The van der Waals surface area contributed by atoms with Gasteiger partial charge >= 0.3 is 0 Å². The highest BCUT2D eigenvalue weighted by molar-refractivity contribution is 6.33. The minimum atomic E-state index is 0.518. The number of pyridine rings is 1. The molecule has 6 heteroatoms. The first-order chi connectivity index (χ1) is 9.72. The lowest BCUT2D eigenvalue weighted by Crippen LogP contribution is -1.91. The van der Waals surface area contributed by atoms with E-state index in [2.05, 4.69) is 20.2 Å². The molecule has 0 aliphatic heterocycles. The first-order valence-electron chi connectivity index (χ1n) is 6.08. The van der Waals surface area contributed by atoms with Crippen molar-refractivity contribution in [2.24, 2.45) is 0 Å². The average molecular weight is 286 g/mol. The molecule has 0 fully saturated rings. The molecule has 0 saturated carbocycles. The number of nitrogens with zero attached hydrogens (tertiary/aromatic N) is 3. The summed E-state index contributed by atoms with van der Waals surface area (Å²) in [6.45, 7) is 0. The molecule has 2 heterocycles. The molecule has 100 valence electrons. The molecule has 0 aliphatic rings. The van der Waals surface area contributed by atoms with Gasteiger partial charge in [-0.15, -0.1) is 0 Å². The number of anilines is 1. The largest absolute Gasteiger partial charge is 0.398 e. The van der Waals surface area contributed by atoms with Crippen LogP contribution in [0.25, 0.3) is 11.4 Å². The fourth-order valence-electron chi connectivity index (χ4n) is 1.88. The molecule has 2 aromatic heterocycles. The number of halogens is 1. The van der Waals surface area contributed by atoms with Gasteiger partial charge in [-0.1, -0.05) is 11.6 Å². The smallest absolute Gasteiger partial charge is 0.181 e. The lowest BCUT2D eigenvalue weighted by Gasteiger charge is -1.99. The van der Waals surface area contributed by atoms with E-state index in [1.54, 1.807) is 24.5 Å². The molecule has 0 spiro atoms. The second-order valence-corrected chi connectivity index (χ2v) is 4.78. The van der Waals surface area contributed by atoms with E-state index in [1.165, 1.54) is 0 Å². The van der Waals surface area contributed by atoms with Gasteiger partial charge in [0.2, 0.25) is 0 Å². The van der Waals surface area contributed by atoms with Gasteiger partial charge in [-0.2, -0.15) is 5.10 Å². The van der Waals surface area contributed by atoms with Gasteiger partial charge in [-0.05, 0) is 35.9 Å². The van der Waals surface area contributed by atoms with Gasteiger partial charge in [0.05, 0.1) is 10.7 Å². The molecule has 0 amide bonds. The first-order valence-corrected chi connectivity index (χ1v) is 6.46. The Balaban J connectivity index is 1.84. The highest BCUT2D eigenvalue weighted by Gasteiger charge is 2.08. The van der Waals surface area contributed by atoms with Crippen molar-refractivity contribution < 1.29 is 0 Å². The van der Waals surface area contributed by atoms with Gasteiger partial charge in [-0.25, -0.2) is 4.98 Å². The summed E-state index contributed by atoms with van der Waals surface area (Å²) in [5, 5.41) is 7.66. The molecule has 5 nitrogen and oxygen atoms in total. The molecule has 0 aliphatic carbocycles. The molecule has 0 atom stereocenters. The van der Waals surface area contributed by atoms with Crippen LogP contribution < -0.4 is 5.73 Å². The number of benzene rings is 1. The number of hydrogen-bond donors (Lipinski definition) is 2. The zero-order valence-electron chi connectivity index (χ0n) is 10.5. The van der Waals surface area contributed by atoms with Crippen molar-refractivity contribution in [1.29, 1.82) is 0 Å². The SMILES string of the molecule is Nc1cc(-c2n[nH]c(Cc3ccncc3)n2)ccc1Cl. The Morgan fingerprint density at radius 1 is 1.15 bits per heavy atom. The van der Waals surface area contributed by atoms with Crippen LogP contribution in [-0.4, -0.2) is 20.2 Å². The summed E-state index contributed by atoms with van der Waals surface area (Å²) in [6, 6.07) is 9.25. The number of H-pyrrole nitrogens is 1. The predicted molar refractivity (Wildman–Crippen MR) is 78.3 cm³/mol. The van der Waals surface area contributed by atoms with E-state index < -0.39 is 0 Å². The van der Waals surface area contributed by atoms with Crippen LogP contribution in [0, 0.1) is 0 Å². The number of nitrogen functional groups attached to an aromatic ring is 1. The third kappa shape index (κ3) is 2.62. The molecule has 0 radical (unpaired) electrons. The van der Waals surface area contributed by atoms with Crippen LogP contribution in [0.2, 0.25) is 5.02 Å². The number of aromatic amines is 1. The van der Waals surface area contributed by atoms with Crippen LogP contribution >= 0.6 is 11.6 Å². The zero-order valence-corrected chi connectivity index (χ0v) is 11.3. The van der Waals surface area contributed by atoms with Gasteiger partial charge in [0, 0.05) is 24.4 Å². The minimum absolute atomic E-state index is 0.518. The summed E-state index contributed by atoms with van der Waals surface area (Å²) in [5.41, 5.74) is 8.26. The predicted octanol–water partition coefficient (Wildman–Crippen LogP) is 2.69. The number of nitrogens with two attached hydrogens (primary N) is 1. The topological polar surface area (TPSA) is 80.5 Å². The Hall–Kier alpha value is -2.40. The maximum Gasteiger partial charge on any atom is 0.181 e. The van der Waals surface area contributed by atoms with E-state index in [-0.39, 0.29) is 0 Å². The third-order valence-corrected chi connectivity index (χ3v) is 3.25. The van der Waals surface area contributed by atoms with E-state index in [1.807, 2.05) is 18.2 Å². The highest BCUT2D eigenvalue weighted by Crippen LogP contribution is 2.24. The van der Waals surface area contributed by atoms with Gasteiger partial charge in [0.25, 0.3) is 0 Å². The van der Waals surface area contributed by atoms with Crippen LogP contribution in [0.4, 0.5) is 5.69 Å². The molecule has 0 bridgehead atoms. The van der Waals surface area contributed by atoms with Crippen molar-refractivity contribution in [3.8, 4) is 11.4 Å². The maximum atomic E-state index is 5.90. The summed E-state index contributed by atoms with van der Waals surface area (Å²) >= 11 is 5.90. The van der Waals surface area contributed by atoms with Gasteiger partial charge in [0.15, 0.2) is 5.82 Å². The molecular weight excluding hydrogens is 274 g/mol. The third-order valence-electron chi connectivity index (χ3n) is 2.91. The molecule has 3 aromatic rings. The van der Waals surface area contributed by atoms with Crippen molar-refractivity contribution in [3.05, 3.63) is 59.1 Å². The summed E-state index contributed by atoms with van der Waals surface area (Å²) in [6.07, 6.45) is 4.19. The lowest BCUT2D eigenvalue weighted by molar-refractivity contribution is 0.970. The second-order valence-electron chi connectivity index (χ2n) is 4.37. The summed E-state index contributed by atoms with van der Waals surface area (Å²) < 4.78 is 0. The number of nitrogens with one attached hydrogen (secondary N) is 1. The standard InChI is InChI=1S/C14H12ClN5/c15-11-2-1-10(8-12(11)16)14-18-13(19-20-14)7-9-3-5-17-6-4-9/h1-6,8H,7,16H2,(H,18,19,20). The van der Waals surface area contributed by atoms with Crippen LogP contribution in [0.1, 0.15) is 11.4 Å². The molecular formula is C14H12ClN5. The summed E-state index contributed by atoms with van der Waals surface area (Å²) in [5.74, 6) is 1.40.